The SMILES string of the molecule is Fc1ccc(F)c2c1CC(C1CCCO1)CO2. The van der Waals surface area contributed by atoms with Crippen molar-refractivity contribution in [3.05, 3.63) is 29.3 Å². The van der Waals surface area contributed by atoms with Crippen LogP contribution in [0.2, 0.25) is 0 Å². The lowest BCUT2D eigenvalue weighted by atomic mass is 9.90. The van der Waals surface area contributed by atoms with Crippen LogP contribution in [0.5, 0.6) is 5.75 Å². The van der Waals surface area contributed by atoms with Crippen LogP contribution >= 0.6 is 0 Å². The van der Waals surface area contributed by atoms with E-state index in [1.54, 1.807) is 0 Å². The second-order valence-corrected chi connectivity index (χ2v) is 4.66. The first kappa shape index (κ1) is 11.0. The van der Waals surface area contributed by atoms with Gasteiger partial charge in [-0.3, -0.25) is 0 Å². The number of hydrogen-bond donors (Lipinski definition) is 0. The lowest BCUT2D eigenvalue weighted by molar-refractivity contribution is 0.0333. The average Bonchev–Trinajstić information content (AvgIpc) is 2.87. The third-order valence-corrected chi connectivity index (χ3v) is 3.55. The van der Waals surface area contributed by atoms with Crippen LogP contribution in [0.25, 0.3) is 0 Å². The summed E-state index contributed by atoms with van der Waals surface area (Å²) in [5.74, 6) is -0.642. The summed E-state index contributed by atoms with van der Waals surface area (Å²) in [5, 5.41) is 0. The van der Waals surface area contributed by atoms with Gasteiger partial charge in [0.25, 0.3) is 0 Å². The van der Waals surface area contributed by atoms with Gasteiger partial charge in [-0.05, 0) is 31.4 Å². The molecule has 2 unspecified atom stereocenters. The quantitative estimate of drug-likeness (QED) is 0.751. The summed E-state index contributed by atoms with van der Waals surface area (Å²) in [6.07, 6.45) is 2.66. The topological polar surface area (TPSA) is 18.5 Å². The molecule has 3 rings (SSSR count). The van der Waals surface area contributed by atoms with Gasteiger partial charge in [0.05, 0.1) is 12.7 Å². The largest absolute Gasteiger partial charge is 0.490 e. The Hall–Kier alpha value is -1.16. The van der Waals surface area contributed by atoms with Gasteiger partial charge in [0.1, 0.15) is 5.82 Å². The van der Waals surface area contributed by atoms with E-state index < -0.39 is 5.82 Å². The van der Waals surface area contributed by atoms with E-state index >= 15 is 0 Å². The van der Waals surface area contributed by atoms with Crippen LogP contribution in [0.15, 0.2) is 12.1 Å². The Labute approximate surface area is 98.5 Å². The first-order valence-corrected chi connectivity index (χ1v) is 5.97. The molecule has 0 aromatic heterocycles. The summed E-state index contributed by atoms with van der Waals surface area (Å²) >= 11 is 0. The lowest BCUT2D eigenvalue weighted by Gasteiger charge is -2.29. The van der Waals surface area contributed by atoms with Crippen LogP contribution in [0.3, 0.4) is 0 Å². The average molecular weight is 240 g/mol. The summed E-state index contributed by atoms with van der Waals surface area (Å²) in [6, 6.07) is 2.27. The molecule has 1 aromatic rings. The van der Waals surface area contributed by atoms with Gasteiger partial charge in [0.2, 0.25) is 0 Å². The second-order valence-electron chi connectivity index (χ2n) is 4.66. The van der Waals surface area contributed by atoms with Crippen LogP contribution in [0, 0.1) is 17.6 Å². The fourth-order valence-electron chi connectivity index (χ4n) is 2.65. The number of benzene rings is 1. The van der Waals surface area contributed by atoms with E-state index in [0.717, 1.165) is 31.6 Å². The van der Waals surface area contributed by atoms with E-state index in [-0.39, 0.29) is 23.6 Å². The van der Waals surface area contributed by atoms with E-state index in [9.17, 15) is 8.78 Å². The maximum Gasteiger partial charge on any atom is 0.165 e. The maximum absolute atomic E-state index is 13.6. The fourth-order valence-corrected chi connectivity index (χ4v) is 2.65. The number of ether oxygens (including phenoxy) is 2. The third kappa shape index (κ3) is 1.90. The molecule has 0 aliphatic carbocycles. The number of halogens is 2. The number of fused-ring (bicyclic) bond motifs is 1. The van der Waals surface area contributed by atoms with Crippen LogP contribution in [-0.2, 0) is 11.2 Å². The summed E-state index contributed by atoms with van der Waals surface area (Å²) in [5.41, 5.74) is 0.358. The van der Waals surface area contributed by atoms with Crippen molar-refractivity contribution < 1.29 is 18.3 Å². The molecule has 2 nitrogen and oxygen atoms in total. The van der Waals surface area contributed by atoms with Gasteiger partial charge < -0.3 is 9.47 Å². The predicted octanol–water partition coefficient (Wildman–Crippen LogP) is 2.69. The molecule has 1 aromatic carbocycles. The van der Waals surface area contributed by atoms with E-state index in [1.165, 1.54) is 0 Å². The molecule has 1 fully saturated rings. The Morgan fingerprint density at radius 3 is 2.76 bits per heavy atom. The summed E-state index contributed by atoms with van der Waals surface area (Å²) in [7, 11) is 0. The molecular formula is C13H14F2O2. The fraction of sp³-hybridized carbons (Fsp3) is 0.538. The minimum Gasteiger partial charge on any atom is -0.490 e. The van der Waals surface area contributed by atoms with Crippen molar-refractivity contribution in [2.45, 2.75) is 25.4 Å². The Morgan fingerprint density at radius 2 is 2.00 bits per heavy atom. The van der Waals surface area contributed by atoms with E-state index in [1.807, 2.05) is 0 Å². The molecule has 4 heteroatoms. The molecule has 2 heterocycles. The molecule has 1 saturated heterocycles. The van der Waals surface area contributed by atoms with E-state index in [4.69, 9.17) is 9.47 Å². The van der Waals surface area contributed by atoms with Gasteiger partial charge in [-0.1, -0.05) is 0 Å². The first-order valence-electron chi connectivity index (χ1n) is 5.97. The van der Waals surface area contributed by atoms with Crippen molar-refractivity contribution in [3.8, 4) is 5.75 Å². The van der Waals surface area contributed by atoms with Crippen molar-refractivity contribution in [1.82, 2.24) is 0 Å². The van der Waals surface area contributed by atoms with Gasteiger partial charge in [0, 0.05) is 18.1 Å². The molecule has 0 amide bonds. The van der Waals surface area contributed by atoms with E-state index in [0.29, 0.717) is 18.6 Å². The van der Waals surface area contributed by atoms with Crippen LogP contribution in [0.4, 0.5) is 8.78 Å². The lowest BCUT2D eigenvalue weighted by Crippen LogP contribution is -2.32. The van der Waals surface area contributed by atoms with Crippen molar-refractivity contribution >= 4 is 0 Å². The Kier molecular flexibility index (Phi) is 2.74. The molecule has 0 saturated carbocycles. The van der Waals surface area contributed by atoms with Gasteiger partial charge in [-0.15, -0.1) is 0 Å². The van der Waals surface area contributed by atoms with Gasteiger partial charge in [-0.25, -0.2) is 8.78 Å². The highest BCUT2D eigenvalue weighted by atomic mass is 19.1. The van der Waals surface area contributed by atoms with Crippen LogP contribution in [-0.4, -0.2) is 19.3 Å². The molecule has 0 radical (unpaired) electrons. The summed E-state index contributed by atoms with van der Waals surface area (Å²) in [6.45, 7) is 1.18. The molecule has 0 N–H and O–H groups in total. The zero-order valence-electron chi connectivity index (χ0n) is 9.42. The number of hydrogen-bond acceptors (Lipinski definition) is 2. The molecule has 0 bridgehead atoms. The van der Waals surface area contributed by atoms with Gasteiger partial charge in [0.15, 0.2) is 11.6 Å². The summed E-state index contributed by atoms with van der Waals surface area (Å²) in [4.78, 5) is 0. The maximum atomic E-state index is 13.6. The van der Waals surface area contributed by atoms with Crippen molar-refractivity contribution in [2.75, 3.05) is 13.2 Å². The zero-order chi connectivity index (χ0) is 11.8. The van der Waals surface area contributed by atoms with Gasteiger partial charge >= 0.3 is 0 Å². The van der Waals surface area contributed by atoms with Crippen LogP contribution < -0.4 is 4.74 Å². The van der Waals surface area contributed by atoms with Crippen LogP contribution in [0.1, 0.15) is 18.4 Å². The zero-order valence-corrected chi connectivity index (χ0v) is 9.42. The first-order chi connectivity index (χ1) is 8.25. The van der Waals surface area contributed by atoms with E-state index in [2.05, 4.69) is 0 Å². The normalized spacial score (nSPS) is 27.6. The highest BCUT2D eigenvalue weighted by molar-refractivity contribution is 5.38. The van der Waals surface area contributed by atoms with Gasteiger partial charge in [-0.2, -0.15) is 0 Å². The molecule has 17 heavy (non-hydrogen) atoms. The van der Waals surface area contributed by atoms with Crippen molar-refractivity contribution in [3.63, 3.8) is 0 Å². The standard InChI is InChI=1S/C13H14F2O2/c14-10-3-4-11(15)13-9(10)6-8(7-17-13)12-2-1-5-16-12/h3-4,8,12H,1-2,5-7H2. The minimum atomic E-state index is -0.479. The molecule has 2 aliphatic heterocycles. The third-order valence-electron chi connectivity index (χ3n) is 3.55. The Bertz CT molecular complexity index is 428. The Balaban J connectivity index is 1.86. The Morgan fingerprint density at radius 1 is 1.18 bits per heavy atom. The molecule has 92 valence electrons. The minimum absolute atomic E-state index is 0.0826. The second kappa shape index (κ2) is 4.26. The highest BCUT2D eigenvalue weighted by Gasteiger charge is 2.32. The monoisotopic (exact) mass is 240 g/mol. The van der Waals surface area contributed by atoms with Crippen molar-refractivity contribution in [1.29, 1.82) is 0 Å². The number of rotatable bonds is 1. The molecule has 0 spiro atoms. The van der Waals surface area contributed by atoms with Crippen molar-refractivity contribution in [2.24, 2.45) is 5.92 Å². The predicted molar refractivity (Wildman–Crippen MR) is 58.0 cm³/mol. The highest BCUT2D eigenvalue weighted by Crippen LogP contribution is 2.35. The molecular weight excluding hydrogens is 226 g/mol. The summed E-state index contributed by atoms with van der Waals surface area (Å²) < 4.78 is 38.0. The molecule has 2 atom stereocenters. The molecule has 2 aliphatic rings. The smallest absolute Gasteiger partial charge is 0.165 e.